The molecule has 0 heterocycles. The van der Waals surface area contributed by atoms with Crippen LogP contribution in [0.3, 0.4) is 0 Å². The maximum Gasteiger partial charge on any atom is 0.255 e. The van der Waals surface area contributed by atoms with Gasteiger partial charge < -0.3 is 15.8 Å². The number of nitrogen functional groups attached to an aromatic ring is 1. The molecule has 3 N–H and O–H groups in total. The van der Waals surface area contributed by atoms with Crippen molar-refractivity contribution in [1.82, 2.24) is 5.32 Å². The van der Waals surface area contributed by atoms with Crippen molar-refractivity contribution < 1.29 is 17.9 Å². The Balaban J connectivity index is 2.80. The van der Waals surface area contributed by atoms with Crippen molar-refractivity contribution in [3.05, 3.63) is 35.4 Å². The number of nitrogens with two attached hydrogens (primary N) is 1. The molecule has 1 rings (SSSR count). The quantitative estimate of drug-likeness (QED) is 0.783. The number of carbonyl (C=O) groups is 1. The standard InChI is InChI=1S/C12H16N2O4S/c1-3-19(16,17)7-6-14-12(15)9-4-5-10(13)11(8-9)18-2/h4-8H,3,13H2,1-2H3,(H,14,15). The van der Waals surface area contributed by atoms with Crippen molar-refractivity contribution in [2.24, 2.45) is 0 Å². The maximum absolute atomic E-state index is 11.7. The van der Waals surface area contributed by atoms with Crippen LogP contribution in [-0.4, -0.2) is 27.2 Å². The summed E-state index contributed by atoms with van der Waals surface area (Å²) in [7, 11) is -1.81. The summed E-state index contributed by atoms with van der Waals surface area (Å²) < 4.78 is 27.4. The van der Waals surface area contributed by atoms with Gasteiger partial charge in [-0.2, -0.15) is 0 Å². The summed E-state index contributed by atoms with van der Waals surface area (Å²) >= 11 is 0. The van der Waals surface area contributed by atoms with Gasteiger partial charge in [0.1, 0.15) is 5.75 Å². The van der Waals surface area contributed by atoms with Gasteiger partial charge in [0.2, 0.25) is 0 Å². The van der Waals surface area contributed by atoms with Gasteiger partial charge in [-0.05, 0) is 18.2 Å². The van der Waals surface area contributed by atoms with Gasteiger partial charge in [-0.1, -0.05) is 6.92 Å². The third kappa shape index (κ3) is 4.29. The van der Waals surface area contributed by atoms with Crippen LogP contribution in [0.5, 0.6) is 5.75 Å². The van der Waals surface area contributed by atoms with Crippen LogP contribution in [0, 0.1) is 0 Å². The Bertz CT molecular complexity index is 594. The third-order valence-corrected chi connectivity index (χ3v) is 3.74. The van der Waals surface area contributed by atoms with Crippen molar-refractivity contribution in [2.75, 3.05) is 18.6 Å². The van der Waals surface area contributed by atoms with Crippen LogP contribution in [0.2, 0.25) is 0 Å². The molecule has 0 bridgehead atoms. The van der Waals surface area contributed by atoms with E-state index in [-0.39, 0.29) is 5.75 Å². The lowest BCUT2D eigenvalue weighted by atomic mass is 10.2. The summed E-state index contributed by atoms with van der Waals surface area (Å²) in [4.78, 5) is 11.7. The molecule has 0 aliphatic rings. The van der Waals surface area contributed by atoms with E-state index in [1.54, 1.807) is 6.07 Å². The van der Waals surface area contributed by atoms with E-state index >= 15 is 0 Å². The van der Waals surface area contributed by atoms with Crippen LogP contribution in [0.15, 0.2) is 29.8 Å². The Kier molecular flexibility index (Phi) is 4.94. The first-order valence-electron chi connectivity index (χ1n) is 5.53. The van der Waals surface area contributed by atoms with Gasteiger partial charge in [0.05, 0.1) is 18.6 Å². The Morgan fingerprint density at radius 1 is 1.47 bits per heavy atom. The number of benzene rings is 1. The normalized spacial score (nSPS) is 11.5. The minimum atomic E-state index is -3.26. The van der Waals surface area contributed by atoms with E-state index in [2.05, 4.69) is 5.32 Å². The Morgan fingerprint density at radius 3 is 2.74 bits per heavy atom. The van der Waals surface area contributed by atoms with Gasteiger partial charge in [-0.3, -0.25) is 4.79 Å². The van der Waals surface area contributed by atoms with Crippen LogP contribution in [0.25, 0.3) is 0 Å². The van der Waals surface area contributed by atoms with E-state index in [1.807, 2.05) is 0 Å². The molecule has 19 heavy (non-hydrogen) atoms. The molecule has 0 spiro atoms. The van der Waals surface area contributed by atoms with Crippen LogP contribution in [0.4, 0.5) is 5.69 Å². The van der Waals surface area contributed by atoms with Crippen molar-refractivity contribution in [1.29, 1.82) is 0 Å². The Labute approximate surface area is 112 Å². The molecule has 104 valence electrons. The smallest absolute Gasteiger partial charge is 0.255 e. The van der Waals surface area contributed by atoms with Crippen LogP contribution < -0.4 is 15.8 Å². The molecule has 0 fully saturated rings. The molecular weight excluding hydrogens is 268 g/mol. The summed E-state index contributed by atoms with van der Waals surface area (Å²) in [6.45, 7) is 1.52. The molecule has 1 aromatic rings. The number of rotatable bonds is 5. The van der Waals surface area contributed by atoms with E-state index in [0.717, 1.165) is 11.6 Å². The number of sulfone groups is 1. The predicted octanol–water partition coefficient (Wildman–Crippen LogP) is 0.913. The predicted molar refractivity (Wildman–Crippen MR) is 73.5 cm³/mol. The second-order valence-corrected chi connectivity index (χ2v) is 5.86. The minimum absolute atomic E-state index is 0.0188. The molecule has 0 aliphatic heterocycles. The fraction of sp³-hybridized carbons (Fsp3) is 0.250. The summed E-state index contributed by atoms with van der Waals surface area (Å²) in [5.74, 6) is -0.0756. The highest BCUT2D eigenvalue weighted by molar-refractivity contribution is 7.94. The average Bonchev–Trinajstić information content (AvgIpc) is 2.39. The highest BCUT2D eigenvalue weighted by Gasteiger charge is 2.08. The highest BCUT2D eigenvalue weighted by Crippen LogP contribution is 2.21. The minimum Gasteiger partial charge on any atom is -0.495 e. The molecule has 1 aromatic carbocycles. The van der Waals surface area contributed by atoms with Gasteiger partial charge in [0.25, 0.3) is 5.91 Å². The zero-order chi connectivity index (χ0) is 14.5. The molecule has 6 nitrogen and oxygen atoms in total. The number of methoxy groups -OCH3 is 1. The SMILES string of the molecule is CCS(=O)(=O)C=CNC(=O)c1ccc(N)c(OC)c1. The first-order valence-corrected chi connectivity index (χ1v) is 7.25. The van der Waals surface area contributed by atoms with Gasteiger partial charge in [-0.25, -0.2) is 8.42 Å². The zero-order valence-corrected chi connectivity index (χ0v) is 11.5. The number of carbonyl (C=O) groups excluding carboxylic acids is 1. The fourth-order valence-corrected chi connectivity index (χ4v) is 1.71. The van der Waals surface area contributed by atoms with Gasteiger partial charge in [-0.15, -0.1) is 0 Å². The van der Waals surface area contributed by atoms with E-state index in [1.165, 1.54) is 26.2 Å². The topological polar surface area (TPSA) is 98.5 Å². The lowest BCUT2D eigenvalue weighted by Crippen LogP contribution is -2.17. The lowest BCUT2D eigenvalue weighted by Gasteiger charge is -2.06. The molecule has 0 radical (unpaired) electrons. The monoisotopic (exact) mass is 284 g/mol. The average molecular weight is 284 g/mol. The molecule has 0 saturated heterocycles. The maximum atomic E-state index is 11.7. The first kappa shape index (κ1) is 15.0. The molecule has 1 amide bonds. The second-order valence-electron chi connectivity index (χ2n) is 3.68. The largest absolute Gasteiger partial charge is 0.495 e. The number of nitrogens with one attached hydrogen (secondary N) is 1. The Morgan fingerprint density at radius 2 is 2.16 bits per heavy atom. The number of ether oxygens (including phenoxy) is 1. The number of anilines is 1. The first-order chi connectivity index (χ1) is 8.89. The summed E-state index contributed by atoms with van der Waals surface area (Å²) in [6.07, 6.45) is 1.10. The number of hydrogen-bond acceptors (Lipinski definition) is 5. The molecule has 0 saturated carbocycles. The second kappa shape index (κ2) is 6.24. The molecule has 0 aliphatic carbocycles. The molecule has 0 aromatic heterocycles. The van der Waals surface area contributed by atoms with Gasteiger partial charge in [0.15, 0.2) is 9.84 Å². The molecule has 7 heteroatoms. The number of amides is 1. The highest BCUT2D eigenvalue weighted by atomic mass is 32.2. The Hall–Kier alpha value is -2.02. The van der Waals surface area contributed by atoms with Gasteiger partial charge >= 0.3 is 0 Å². The van der Waals surface area contributed by atoms with Crippen molar-refractivity contribution in [2.45, 2.75) is 6.92 Å². The summed E-state index contributed by atoms with van der Waals surface area (Å²) in [5.41, 5.74) is 6.37. The molecule has 0 atom stereocenters. The summed E-state index contributed by atoms with van der Waals surface area (Å²) in [5, 5.41) is 3.32. The zero-order valence-electron chi connectivity index (χ0n) is 10.7. The molecular formula is C12H16N2O4S. The third-order valence-electron chi connectivity index (χ3n) is 2.39. The van der Waals surface area contributed by atoms with E-state index < -0.39 is 15.7 Å². The van der Waals surface area contributed by atoms with Crippen LogP contribution in [-0.2, 0) is 9.84 Å². The van der Waals surface area contributed by atoms with Crippen molar-refractivity contribution >= 4 is 21.4 Å². The summed E-state index contributed by atoms with van der Waals surface area (Å²) in [6, 6.07) is 4.54. The van der Waals surface area contributed by atoms with E-state index in [9.17, 15) is 13.2 Å². The van der Waals surface area contributed by atoms with Crippen LogP contribution >= 0.6 is 0 Å². The van der Waals surface area contributed by atoms with Crippen LogP contribution in [0.1, 0.15) is 17.3 Å². The fourth-order valence-electron chi connectivity index (χ4n) is 1.25. The van der Waals surface area contributed by atoms with Gasteiger partial charge in [0, 0.05) is 17.2 Å². The van der Waals surface area contributed by atoms with Crippen molar-refractivity contribution in [3.8, 4) is 5.75 Å². The lowest BCUT2D eigenvalue weighted by molar-refractivity contribution is 0.0970. The van der Waals surface area contributed by atoms with E-state index in [4.69, 9.17) is 10.5 Å². The van der Waals surface area contributed by atoms with Crippen molar-refractivity contribution in [3.63, 3.8) is 0 Å². The molecule has 0 unspecified atom stereocenters. The number of hydrogen-bond donors (Lipinski definition) is 2. The van der Waals surface area contributed by atoms with E-state index in [0.29, 0.717) is 17.0 Å².